The van der Waals surface area contributed by atoms with Crippen molar-refractivity contribution in [2.75, 3.05) is 11.6 Å². The largest absolute Gasteiger partial charge is 0.486 e. The summed E-state index contributed by atoms with van der Waals surface area (Å²) in [5.41, 5.74) is 3.92. The van der Waals surface area contributed by atoms with Crippen molar-refractivity contribution in [3.8, 4) is 5.75 Å². The van der Waals surface area contributed by atoms with Gasteiger partial charge in [0.05, 0.1) is 5.69 Å². The van der Waals surface area contributed by atoms with Gasteiger partial charge in [-0.25, -0.2) is 4.98 Å². The Morgan fingerprint density at radius 2 is 1.85 bits per heavy atom. The third-order valence-electron chi connectivity index (χ3n) is 4.24. The number of nitrogens with zero attached hydrogens (tertiary/aromatic N) is 1. The second-order valence-electron chi connectivity index (χ2n) is 6.24. The fraction of sp³-hybridized carbons (Fsp3) is 0.238. The molecule has 6 heteroatoms. The number of ether oxygens (including phenoxy) is 1. The van der Waals surface area contributed by atoms with Gasteiger partial charge in [0.25, 0.3) is 5.91 Å². The van der Waals surface area contributed by atoms with E-state index in [0.29, 0.717) is 11.5 Å². The number of benzene rings is 2. The highest BCUT2D eigenvalue weighted by molar-refractivity contribution is 7.98. The Morgan fingerprint density at radius 1 is 1.11 bits per heavy atom. The molecule has 0 radical (unpaired) electrons. The van der Waals surface area contributed by atoms with Gasteiger partial charge in [-0.05, 0) is 74.6 Å². The van der Waals surface area contributed by atoms with Crippen molar-refractivity contribution in [1.82, 2.24) is 4.98 Å². The van der Waals surface area contributed by atoms with Gasteiger partial charge in [0, 0.05) is 10.6 Å². The fourth-order valence-corrected chi connectivity index (χ4v) is 3.82. The SMILES string of the molecule is CSc1ccc(NC(=O)c2sc(COc3ccc(C)c(C)c3)nc2C)cc1. The molecule has 0 spiro atoms. The van der Waals surface area contributed by atoms with Gasteiger partial charge in [-0.15, -0.1) is 23.1 Å². The number of aryl methyl sites for hydroxylation is 3. The maximum absolute atomic E-state index is 12.6. The number of hydrogen-bond donors (Lipinski definition) is 1. The number of hydrogen-bond acceptors (Lipinski definition) is 5. The summed E-state index contributed by atoms with van der Waals surface area (Å²) < 4.78 is 5.83. The maximum Gasteiger partial charge on any atom is 0.267 e. The summed E-state index contributed by atoms with van der Waals surface area (Å²) in [6.07, 6.45) is 2.02. The van der Waals surface area contributed by atoms with Gasteiger partial charge in [-0.3, -0.25) is 4.79 Å². The van der Waals surface area contributed by atoms with Crippen LogP contribution in [0.3, 0.4) is 0 Å². The van der Waals surface area contributed by atoms with Crippen LogP contribution in [0.5, 0.6) is 5.75 Å². The molecule has 0 aliphatic carbocycles. The molecule has 4 nitrogen and oxygen atoms in total. The van der Waals surface area contributed by atoms with Gasteiger partial charge < -0.3 is 10.1 Å². The smallest absolute Gasteiger partial charge is 0.267 e. The molecular formula is C21H22N2O2S2. The van der Waals surface area contributed by atoms with E-state index in [1.54, 1.807) is 11.8 Å². The van der Waals surface area contributed by atoms with Crippen LogP contribution in [0.4, 0.5) is 5.69 Å². The number of thioether (sulfide) groups is 1. The van der Waals surface area contributed by atoms with E-state index in [1.165, 1.54) is 22.5 Å². The predicted molar refractivity (Wildman–Crippen MR) is 113 cm³/mol. The van der Waals surface area contributed by atoms with Gasteiger partial charge in [-0.1, -0.05) is 6.07 Å². The molecule has 1 heterocycles. The lowest BCUT2D eigenvalue weighted by Crippen LogP contribution is -2.11. The first-order valence-corrected chi connectivity index (χ1v) is 10.6. The molecule has 3 aromatic rings. The molecule has 0 fully saturated rings. The Balaban J connectivity index is 1.65. The third kappa shape index (κ3) is 4.90. The summed E-state index contributed by atoms with van der Waals surface area (Å²) >= 11 is 3.04. The van der Waals surface area contributed by atoms with Crippen molar-refractivity contribution in [3.63, 3.8) is 0 Å². The van der Waals surface area contributed by atoms with E-state index < -0.39 is 0 Å². The Bertz CT molecular complexity index is 949. The monoisotopic (exact) mass is 398 g/mol. The number of thiazole rings is 1. The average molecular weight is 399 g/mol. The zero-order valence-electron chi connectivity index (χ0n) is 15.8. The molecule has 0 atom stereocenters. The number of rotatable bonds is 6. The van der Waals surface area contributed by atoms with Gasteiger partial charge in [-0.2, -0.15) is 0 Å². The molecular weight excluding hydrogens is 376 g/mol. The van der Waals surface area contributed by atoms with Crippen molar-refractivity contribution < 1.29 is 9.53 Å². The average Bonchev–Trinajstić information content (AvgIpc) is 3.04. The van der Waals surface area contributed by atoms with Crippen molar-refractivity contribution in [1.29, 1.82) is 0 Å². The van der Waals surface area contributed by atoms with Gasteiger partial charge in [0.15, 0.2) is 0 Å². The van der Waals surface area contributed by atoms with Crippen molar-refractivity contribution >= 4 is 34.7 Å². The molecule has 0 saturated heterocycles. The number of nitrogens with one attached hydrogen (secondary N) is 1. The Morgan fingerprint density at radius 3 is 2.52 bits per heavy atom. The molecule has 0 bridgehead atoms. The normalized spacial score (nSPS) is 10.7. The van der Waals surface area contributed by atoms with Gasteiger partial charge in [0.2, 0.25) is 0 Å². The highest BCUT2D eigenvalue weighted by Crippen LogP contribution is 2.23. The first kappa shape index (κ1) is 19.5. The minimum absolute atomic E-state index is 0.140. The van der Waals surface area contributed by atoms with Crippen LogP contribution in [0, 0.1) is 20.8 Å². The summed E-state index contributed by atoms with van der Waals surface area (Å²) in [6.45, 7) is 6.33. The zero-order valence-corrected chi connectivity index (χ0v) is 17.5. The molecule has 2 aromatic carbocycles. The first-order chi connectivity index (χ1) is 13.0. The van der Waals surface area contributed by atoms with E-state index in [2.05, 4.69) is 24.1 Å². The number of carbonyl (C=O) groups excluding carboxylic acids is 1. The van der Waals surface area contributed by atoms with E-state index in [0.717, 1.165) is 27.0 Å². The molecule has 0 saturated carbocycles. The Kier molecular flexibility index (Phi) is 6.19. The minimum Gasteiger partial charge on any atom is -0.486 e. The quantitative estimate of drug-likeness (QED) is 0.547. The lowest BCUT2D eigenvalue weighted by atomic mass is 10.1. The molecule has 3 rings (SSSR count). The number of aromatic nitrogens is 1. The van der Waals surface area contributed by atoms with E-state index in [1.807, 2.05) is 55.6 Å². The molecule has 0 aliphatic heterocycles. The van der Waals surface area contributed by atoms with Crippen LogP contribution >= 0.6 is 23.1 Å². The second kappa shape index (κ2) is 8.59. The summed E-state index contributed by atoms with van der Waals surface area (Å²) in [5, 5.41) is 3.72. The number of carbonyl (C=O) groups is 1. The molecule has 140 valence electrons. The molecule has 1 aromatic heterocycles. The van der Waals surface area contributed by atoms with Crippen LogP contribution in [0.25, 0.3) is 0 Å². The maximum atomic E-state index is 12.6. The van der Waals surface area contributed by atoms with Crippen LogP contribution in [-0.2, 0) is 6.61 Å². The molecule has 1 N–H and O–H groups in total. The summed E-state index contributed by atoms with van der Waals surface area (Å²) in [6, 6.07) is 13.8. The van der Waals surface area contributed by atoms with E-state index in [4.69, 9.17) is 4.74 Å². The highest BCUT2D eigenvalue weighted by Gasteiger charge is 2.16. The number of anilines is 1. The summed E-state index contributed by atoms with van der Waals surface area (Å²) in [5.74, 6) is 0.671. The summed E-state index contributed by atoms with van der Waals surface area (Å²) in [4.78, 5) is 18.8. The molecule has 0 unspecified atom stereocenters. The van der Waals surface area contributed by atoms with E-state index in [-0.39, 0.29) is 5.91 Å². The van der Waals surface area contributed by atoms with Gasteiger partial charge >= 0.3 is 0 Å². The van der Waals surface area contributed by atoms with Gasteiger partial charge in [0.1, 0.15) is 22.2 Å². The number of amides is 1. The molecule has 27 heavy (non-hydrogen) atoms. The highest BCUT2D eigenvalue weighted by atomic mass is 32.2. The van der Waals surface area contributed by atoms with E-state index >= 15 is 0 Å². The topological polar surface area (TPSA) is 51.2 Å². The molecule has 0 aliphatic rings. The van der Waals surface area contributed by atoms with Crippen molar-refractivity contribution in [2.24, 2.45) is 0 Å². The lowest BCUT2D eigenvalue weighted by molar-refractivity contribution is 0.103. The lowest BCUT2D eigenvalue weighted by Gasteiger charge is -2.06. The standard InChI is InChI=1S/C21H22N2O2S2/c1-13-5-8-17(11-14(13)2)25-12-19-22-15(3)20(27-19)21(24)23-16-6-9-18(26-4)10-7-16/h5-11H,12H2,1-4H3,(H,23,24). The predicted octanol–water partition coefficient (Wildman–Crippen LogP) is 5.62. The fourth-order valence-electron chi connectivity index (χ4n) is 2.54. The van der Waals surface area contributed by atoms with Crippen molar-refractivity contribution in [3.05, 3.63) is 69.2 Å². The van der Waals surface area contributed by atoms with Crippen LogP contribution in [0.1, 0.15) is 31.5 Å². The van der Waals surface area contributed by atoms with Crippen molar-refractivity contribution in [2.45, 2.75) is 32.3 Å². The first-order valence-electron chi connectivity index (χ1n) is 8.58. The van der Waals surface area contributed by atoms with E-state index in [9.17, 15) is 4.79 Å². The van der Waals surface area contributed by atoms with Crippen LogP contribution in [-0.4, -0.2) is 17.1 Å². The summed E-state index contributed by atoms with van der Waals surface area (Å²) in [7, 11) is 0. The minimum atomic E-state index is -0.140. The third-order valence-corrected chi connectivity index (χ3v) is 6.11. The Hall–Kier alpha value is -2.31. The van der Waals surface area contributed by atoms with Crippen LogP contribution in [0.15, 0.2) is 47.4 Å². The zero-order chi connectivity index (χ0) is 19.4. The second-order valence-corrected chi connectivity index (χ2v) is 8.20. The van der Waals surface area contributed by atoms with Crippen LogP contribution in [0.2, 0.25) is 0 Å². The Labute approximate surface area is 168 Å². The van der Waals surface area contributed by atoms with Crippen LogP contribution < -0.4 is 10.1 Å². The molecule has 1 amide bonds.